The van der Waals surface area contributed by atoms with Crippen molar-refractivity contribution < 1.29 is 4.74 Å². The second-order valence-corrected chi connectivity index (χ2v) is 6.39. The van der Waals surface area contributed by atoms with E-state index in [9.17, 15) is 0 Å². The lowest BCUT2D eigenvalue weighted by Gasteiger charge is -2.34. The van der Waals surface area contributed by atoms with Gasteiger partial charge in [-0.3, -0.25) is 0 Å². The summed E-state index contributed by atoms with van der Waals surface area (Å²) in [5.74, 6) is 0.938. The SMILES string of the molecule is COCCNCc1ccccc1N1CCC2CCCCC21. The number of para-hydroxylation sites is 1. The Morgan fingerprint density at radius 3 is 2.95 bits per heavy atom. The summed E-state index contributed by atoms with van der Waals surface area (Å²) in [5, 5.41) is 3.49. The fraction of sp³-hybridized carbons (Fsp3) is 0.667. The summed E-state index contributed by atoms with van der Waals surface area (Å²) in [4.78, 5) is 2.69. The smallest absolute Gasteiger partial charge is 0.0587 e. The molecule has 1 heterocycles. The van der Waals surface area contributed by atoms with Crippen LogP contribution in [0.5, 0.6) is 0 Å². The van der Waals surface area contributed by atoms with Gasteiger partial charge in [0.2, 0.25) is 0 Å². The largest absolute Gasteiger partial charge is 0.383 e. The van der Waals surface area contributed by atoms with E-state index in [-0.39, 0.29) is 0 Å². The maximum absolute atomic E-state index is 5.11. The van der Waals surface area contributed by atoms with Gasteiger partial charge in [-0.25, -0.2) is 0 Å². The van der Waals surface area contributed by atoms with E-state index in [2.05, 4.69) is 34.5 Å². The van der Waals surface area contributed by atoms with Crippen molar-refractivity contribution in [3.63, 3.8) is 0 Å². The van der Waals surface area contributed by atoms with Crippen molar-refractivity contribution in [2.75, 3.05) is 31.7 Å². The first-order valence-electron chi connectivity index (χ1n) is 8.44. The highest BCUT2D eigenvalue weighted by molar-refractivity contribution is 5.55. The minimum Gasteiger partial charge on any atom is -0.383 e. The Morgan fingerprint density at radius 2 is 2.05 bits per heavy atom. The Bertz CT molecular complexity index is 449. The molecule has 2 aliphatic rings. The first kappa shape index (κ1) is 14.9. The van der Waals surface area contributed by atoms with Gasteiger partial charge in [0.15, 0.2) is 0 Å². The van der Waals surface area contributed by atoms with Gasteiger partial charge in [-0.2, -0.15) is 0 Å². The first-order valence-corrected chi connectivity index (χ1v) is 8.44. The lowest BCUT2D eigenvalue weighted by molar-refractivity contribution is 0.199. The van der Waals surface area contributed by atoms with Crippen LogP contribution in [0.25, 0.3) is 0 Å². The Balaban J connectivity index is 1.69. The molecule has 1 aromatic rings. The number of nitrogens with one attached hydrogen (secondary N) is 1. The van der Waals surface area contributed by atoms with Gasteiger partial charge in [0, 0.05) is 38.5 Å². The van der Waals surface area contributed by atoms with Crippen LogP contribution < -0.4 is 10.2 Å². The molecule has 3 heteroatoms. The number of rotatable bonds is 6. The number of hydrogen-bond acceptors (Lipinski definition) is 3. The molecular formula is C18H28N2O. The lowest BCUT2D eigenvalue weighted by Crippen LogP contribution is -2.35. The van der Waals surface area contributed by atoms with E-state index >= 15 is 0 Å². The van der Waals surface area contributed by atoms with Gasteiger partial charge in [0.25, 0.3) is 0 Å². The Hall–Kier alpha value is -1.06. The van der Waals surface area contributed by atoms with E-state index in [4.69, 9.17) is 4.74 Å². The van der Waals surface area contributed by atoms with Crippen molar-refractivity contribution in [2.45, 2.75) is 44.7 Å². The third-order valence-corrected chi connectivity index (χ3v) is 5.11. The van der Waals surface area contributed by atoms with Gasteiger partial charge in [0.1, 0.15) is 0 Å². The zero-order valence-corrected chi connectivity index (χ0v) is 13.2. The number of methoxy groups -OCH3 is 1. The van der Waals surface area contributed by atoms with Crippen molar-refractivity contribution in [3.8, 4) is 0 Å². The third kappa shape index (κ3) is 3.41. The number of anilines is 1. The molecule has 0 amide bonds. The lowest BCUT2D eigenvalue weighted by atomic mass is 9.85. The first-order chi connectivity index (χ1) is 10.4. The molecule has 2 fully saturated rings. The molecule has 0 bridgehead atoms. The second-order valence-electron chi connectivity index (χ2n) is 6.39. The van der Waals surface area contributed by atoms with Crippen LogP contribution in [0.4, 0.5) is 5.69 Å². The standard InChI is InChI=1S/C18H28N2O/c1-21-13-11-19-14-16-7-3-5-9-18(16)20-12-10-15-6-2-4-8-17(15)20/h3,5,7,9,15,17,19H,2,4,6,8,10-14H2,1H3. The van der Waals surface area contributed by atoms with Gasteiger partial charge in [0.05, 0.1) is 6.61 Å². The molecule has 1 aliphatic heterocycles. The van der Waals surface area contributed by atoms with Crippen LogP contribution in [-0.2, 0) is 11.3 Å². The number of fused-ring (bicyclic) bond motifs is 1. The van der Waals surface area contributed by atoms with Crippen LogP contribution in [0.1, 0.15) is 37.7 Å². The van der Waals surface area contributed by atoms with Crippen LogP contribution in [0, 0.1) is 5.92 Å². The van der Waals surface area contributed by atoms with Gasteiger partial charge in [-0.1, -0.05) is 31.0 Å². The summed E-state index contributed by atoms with van der Waals surface area (Å²) in [6.07, 6.45) is 7.06. The Labute approximate surface area is 128 Å². The maximum atomic E-state index is 5.11. The molecule has 116 valence electrons. The summed E-state index contributed by atoms with van der Waals surface area (Å²) >= 11 is 0. The topological polar surface area (TPSA) is 24.5 Å². The van der Waals surface area contributed by atoms with Gasteiger partial charge in [-0.15, -0.1) is 0 Å². The van der Waals surface area contributed by atoms with Gasteiger partial charge < -0.3 is 15.0 Å². The van der Waals surface area contributed by atoms with Crippen molar-refractivity contribution in [2.24, 2.45) is 5.92 Å². The second kappa shape index (κ2) is 7.28. The summed E-state index contributed by atoms with van der Waals surface area (Å²) in [5.41, 5.74) is 2.89. The minimum absolute atomic E-state index is 0.774. The fourth-order valence-corrected chi connectivity index (χ4v) is 4.04. The predicted octanol–water partition coefficient (Wildman–Crippen LogP) is 3.19. The molecule has 3 nitrogen and oxygen atoms in total. The van der Waals surface area contributed by atoms with Crippen LogP contribution in [0.2, 0.25) is 0 Å². The number of hydrogen-bond donors (Lipinski definition) is 1. The highest BCUT2D eigenvalue weighted by atomic mass is 16.5. The quantitative estimate of drug-likeness (QED) is 0.814. The van der Waals surface area contributed by atoms with Crippen LogP contribution in [0.15, 0.2) is 24.3 Å². The van der Waals surface area contributed by atoms with Crippen LogP contribution >= 0.6 is 0 Å². The average Bonchev–Trinajstić information content (AvgIpc) is 2.96. The van der Waals surface area contributed by atoms with E-state index in [0.29, 0.717) is 0 Å². The van der Waals surface area contributed by atoms with Crippen LogP contribution in [-0.4, -0.2) is 32.8 Å². The van der Waals surface area contributed by atoms with Crippen molar-refractivity contribution in [1.82, 2.24) is 5.32 Å². The third-order valence-electron chi connectivity index (χ3n) is 5.11. The van der Waals surface area contributed by atoms with Crippen molar-refractivity contribution in [1.29, 1.82) is 0 Å². The minimum atomic E-state index is 0.774. The Morgan fingerprint density at radius 1 is 1.19 bits per heavy atom. The normalized spacial score (nSPS) is 25.1. The molecule has 1 aliphatic carbocycles. The van der Waals surface area contributed by atoms with Gasteiger partial charge >= 0.3 is 0 Å². The van der Waals surface area contributed by atoms with Crippen molar-refractivity contribution in [3.05, 3.63) is 29.8 Å². The molecule has 0 radical (unpaired) electrons. The molecule has 1 N–H and O–H groups in total. The summed E-state index contributed by atoms with van der Waals surface area (Å²) < 4.78 is 5.11. The number of nitrogens with zero attached hydrogens (tertiary/aromatic N) is 1. The zero-order chi connectivity index (χ0) is 14.5. The predicted molar refractivity (Wildman–Crippen MR) is 87.7 cm³/mol. The van der Waals surface area contributed by atoms with E-state index in [1.54, 1.807) is 7.11 Å². The maximum Gasteiger partial charge on any atom is 0.0587 e. The van der Waals surface area contributed by atoms with E-state index in [0.717, 1.165) is 31.7 Å². The molecule has 0 aromatic heterocycles. The van der Waals surface area contributed by atoms with E-state index < -0.39 is 0 Å². The van der Waals surface area contributed by atoms with E-state index in [1.807, 2.05) is 0 Å². The van der Waals surface area contributed by atoms with E-state index in [1.165, 1.54) is 49.9 Å². The molecule has 1 aromatic carbocycles. The highest BCUT2D eigenvalue weighted by Crippen LogP contribution is 2.39. The van der Waals surface area contributed by atoms with Crippen LogP contribution in [0.3, 0.4) is 0 Å². The molecule has 2 atom stereocenters. The highest BCUT2D eigenvalue weighted by Gasteiger charge is 2.36. The zero-order valence-electron chi connectivity index (χ0n) is 13.2. The molecule has 3 rings (SSSR count). The fourth-order valence-electron chi connectivity index (χ4n) is 4.04. The molecule has 0 spiro atoms. The number of benzene rings is 1. The molecular weight excluding hydrogens is 260 g/mol. The monoisotopic (exact) mass is 288 g/mol. The number of ether oxygens (including phenoxy) is 1. The molecule has 21 heavy (non-hydrogen) atoms. The average molecular weight is 288 g/mol. The molecule has 1 saturated heterocycles. The van der Waals surface area contributed by atoms with Gasteiger partial charge in [-0.05, 0) is 36.8 Å². The van der Waals surface area contributed by atoms with Crippen molar-refractivity contribution >= 4 is 5.69 Å². The molecule has 2 unspecified atom stereocenters. The summed E-state index contributed by atoms with van der Waals surface area (Å²) in [6, 6.07) is 9.71. The summed E-state index contributed by atoms with van der Waals surface area (Å²) in [6.45, 7) is 3.87. The Kier molecular flexibility index (Phi) is 5.15. The molecule has 1 saturated carbocycles. The summed E-state index contributed by atoms with van der Waals surface area (Å²) in [7, 11) is 1.75.